The van der Waals surface area contributed by atoms with Crippen LogP contribution in [-0.2, 0) is 6.42 Å². The Morgan fingerprint density at radius 2 is 2.14 bits per heavy atom. The first-order valence-electron chi connectivity index (χ1n) is 6.77. The second kappa shape index (κ2) is 4.78. The Balaban J connectivity index is 1.75. The van der Waals surface area contributed by atoms with E-state index in [0.29, 0.717) is 34.2 Å². The summed E-state index contributed by atoms with van der Waals surface area (Å²) >= 11 is 6.18. The molecule has 0 fully saturated rings. The lowest BCUT2D eigenvalue weighted by atomic mass is 10.1. The molecule has 0 bridgehead atoms. The van der Waals surface area contributed by atoms with E-state index in [1.807, 2.05) is 18.2 Å². The number of aromatic amines is 1. The Labute approximate surface area is 130 Å². The van der Waals surface area contributed by atoms with Crippen LogP contribution in [0.15, 0.2) is 29.1 Å². The third kappa shape index (κ3) is 2.03. The second-order valence-electron chi connectivity index (χ2n) is 5.16. The maximum atomic E-state index is 12.1. The molecule has 0 radical (unpaired) electrons. The number of benzene rings is 1. The number of nitrogens with one attached hydrogen (secondary N) is 1. The highest BCUT2D eigenvalue weighted by Crippen LogP contribution is 2.33. The van der Waals surface area contributed by atoms with Crippen molar-refractivity contribution in [3.8, 4) is 11.5 Å². The van der Waals surface area contributed by atoms with E-state index < -0.39 is 0 Å². The van der Waals surface area contributed by atoms with Gasteiger partial charge in [0.15, 0.2) is 17.1 Å². The molecule has 1 N–H and O–H groups in total. The van der Waals surface area contributed by atoms with Crippen molar-refractivity contribution in [3.63, 3.8) is 0 Å². The maximum absolute atomic E-state index is 12.1. The molecule has 0 amide bonds. The molecule has 0 atom stereocenters. The SMILES string of the molecule is Cc1[nH]n2c(=O)cc(Cc3ccc4c(c3)OCO4)nc2c1Cl. The van der Waals surface area contributed by atoms with Crippen molar-refractivity contribution in [2.45, 2.75) is 13.3 Å². The normalized spacial score (nSPS) is 13.0. The van der Waals surface area contributed by atoms with Crippen molar-refractivity contribution in [2.75, 3.05) is 6.79 Å². The summed E-state index contributed by atoms with van der Waals surface area (Å²) in [5, 5.41) is 3.36. The van der Waals surface area contributed by atoms with Crippen LogP contribution in [0.4, 0.5) is 0 Å². The second-order valence-corrected chi connectivity index (χ2v) is 5.54. The zero-order valence-electron chi connectivity index (χ0n) is 11.7. The Bertz CT molecular complexity index is 945. The smallest absolute Gasteiger partial charge is 0.272 e. The van der Waals surface area contributed by atoms with E-state index in [-0.39, 0.29) is 12.4 Å². The molecule has 112 valence electrons. The molecule has 1 aliphatic heterocycles. The molecule has 3 aromatic rings. The number of rotatable bonds is 2. The number of halogens is 1. The van der Waals surface area contributed by atoms with Gasteiger partial charge < -0.3 is 9.47 Å². The summed E-state index contributed by atoms with van der Waals surface area (Å²) in [6.07, 6.45) is 0.517. The standard InChI is InChI=1S/C15H12ClN3O3/c1-8-14(16)15-17-10(6-13(20)19(15)18-8)4-9-2-3-11-12(5-9)22-7-21-11/h2-3,5-6,18H,4,7H2,1H3. The maximum Gasteiger partial charge on any atom is 0.272 e. The molecule has 2 aromatic heterocycles. The van der Waals surface area contributed by atoms with Gasteiger partial charge in [-0.05, 0) is 24.6 Å². The molecule has 7 heteroatoms. The molecule has 0 unspecified atom stereocenters. The number of nitrogens with zero attached hydrogens (tertiary/aromatic N) is 2. The van der Waals surface area contributed by atoms with Crippen LogP contribution >= 0.6 is 11.6 Å². The van der Waals surface area contributed by atoms with Gasteiger partial charge >= 0.3 is 0 Å². The molecular weight excluding hydrogens is 306 g/mol. The van der Waals surface area contributed by atoms with E-state index in [1.165, 1.54) is 10.6 Å². The van der Waals surface area contributed by atoms with Crippen LogP contribution in [0.2, 0.25) is 5.02 Å². The minimum atomic E-state index is -0.184. The predicted octanol–water partition coefficient (Wildman–Crippen LogP) is 2.30. The third-order valence-corrected chi connectivity index (χ3v) is 4.05. The largest absolute Gasteiger partial charge is 0.454 e. The zero-order chi connectivity index (χ0) is 15.3. The van der Waals surface area contributed by atoms with Crippen molar-refractivity contribution < 1.29 is 9.47 Å². The number of aryl methyl sites for hydroxylation is 1. The van der Waals surface area contributed by atoms with Crippen LogP contribution in [-0.4, -0.2) is 21.4 Å². The van der Waals surface area contributed by atoms with Gasteiger partial charge in [-0.2, -0.15) is 4.52 Å². The quantitative estimate of drug-likeness (QED) is 0.787. The summed E-state index contributed by atoms with van der Waals surface area (Å²) in [4.78, 5) is 16.6. The number of H-pyrrole nitrogens is 1. The molecule has 22 heavy (non-hydrogen) atoms. The van der Waals surface area contributed by atoms with Crippen molar-refractivity contribution in [1.29, 1.82) is 0 Å². The van der Waals surface area contributed by atoms with Gasteiger partial charge in [0.05, 0.1) is 11.4 Å². The summed E-state index contributed by atoms with van der Waals surface area (Å²) in [5.41, 5.74) is 2.62. The van der Waals surface area contributed by atoms with Crippen LogP contribution in [0.25, 0.3) is 5.65 Å². The lowest BCUT2D eigenvalue weighted by molar-refractivity contribution is 0.174. The lowest BCUT2D eigenvalue weighted by Crippen LogP contribution is -2.15. The van der Waals surface area contributed by atoms with Crippen LogP contribution in [0, 0.1) is 6.92 Å². The number of ether oxygens (including phenoxy) is 2. The van der Waals surface area contributed by atoms with Crippen LogP contribution in [0.5, 0.6) is 11.5 Å². The van der Waals surface area contributed by atoms with Crippen molar-refractivity contribution in [3.05, 3.63) is 56.6 Å². The van der Waals surface area contributed by atoms with Gasteiger partial charge in [-0.25, -0.2) is 4.98 Å². The van der Waals surface area contributed by atoms with Gasteiger partial charge in [0.25, 0.3) is 5.56 Å². The van der Waals surface area contributed by atoms with Gasteiger partial charge in [-0.1, -0.05) is 17.7 Å². The fourth-order valence-corrected chi connectivity index (χ4v) is 2.69. The van der Waals surface area contributed by atoms with E-state index in [1.54, 1.807) is 6.92 Å². The van der Waals surface area contributed by atoms with Gasteiger partial charge in [-0.3, -0.25) is 9.89 Å². The zero-order valence-corrected chi connectivity index (χ0v) is 12.5. The summed E-state index contributed by atoms with van der Waals surface area (Å²) in [6, 6.07) is 7.19. The highest BCUT2D eigenvalue weighted by Gasteiger charge is 2.15. The van der Waals surface area contributed by atoms with Gasteiger partial charge in [0, 0.05) is 12.5 Å². The predicted molar refractivity (Wildman–Crippen MR) is 80.9 cm³/mol. The highest BCUT2D eigenvalue weighted by atomic mass is 35.5. The molecule has 1 aliphatic rings. The Morgan fingerprint density at radius 3 is 3.00 bits per heavy atom. The third-order valence-electron chi connectivity index (χ3n) is 3.60. The topological polar surface area (TPSA) is 68.6 Å². The Hall–Kier alpha value is -2.47. The fourth-order valence-electron chi connectivity index (χ4n) is 2.52. The van der Waals surface area contributed by atoms with Crippen LogP contribution < -0.4 is 15.0 Å². The van der Waals surface area contributed by atoms with Crippen LogP contribution in [0.1, 0.15) is 17.0 Å². The number of hydrogen-bond donors (Lipinski definition) is 1. The van der Waals surface area contributed by atoms with Gasteiger partial charge in [-0.15, -0.1) is 0 Å². The van der Waals surface area contributed by atoms with E-state index in [0.717, 1.165) is 11.3 Å². The monoisotopic (exact) mass is 317 g/mol. The minimum absolute atomic E-state index is 0.184. The number of aromatic nitrogens is 3. The molecule has 0 saturated heterocycles. The van der Waals surface area contributed by atoms with Gasteiger partial charge in [0.1, 0.15) is 5.02 Å². The van der Waals surface area contributed by atoms with Gasteiger partial charge in [0.2, 0.25) is 6.79 Å². The van der Waals surface area contributed by atoms with Crippen molar-refractivity contribution in [1.82, 2.24) is 14.6 Å². The molecule has 0 spiro atoms. The highest BCUT2D eigenvalue weighted by molar-refractivity contribution is 6.34. The van der Waals surface area contributed by atoms with E-state index in [2.05, 4.69) is 10.1 Å². The van der Waals surface area contributed by atoms with E-state index >= 15 is 0 Å². The van der Waals surface area contributed by atoms with Crippen molar-refractivity contribution in [2.24, 2.45) is 0 Å². The summed E-state index contributed by atoms with van der Waals surface area (Å²) in [7, 11) is 0. The molecular formula is C15H12ClN3O3. The first-order chi connectivity index (χ1) is 10.6. The molecule has 0 saturated carbocycles. The molecule has 1 aromatic carbocycles. The molecule has 0 aliphatic carbocycles. The number of hydrogen-bond acceptors (Lipinski definition) is 4. The summed E-state index contributed by atoms with van der Waals surface area (Å²) in [6.45, 7) is 2.04. The average molecular weight is 318 g/mol. The number of fused-ring (bicyclic) bond motifs is 2. The molecule has 6 nitrogen and oxygen atoms in total. The fraction of sp³-hybridized carbons (Fsp3) is 0.200. The Kier molecular flexibility index (Phi) is 2.87. The molecule has 4 rings (SSSR count). The molecule has 3 heterocycles. The van der Waals surface area contributed by atoms with Crippen molar-refractivity contribution >= 4 is 17.2 Å². The lowest BCUT2D eigenvalue weighted by Gasteiger charge is -2.03. The first-order valence-corrected chi connectivity index (χ1v) is 7.15. The minimum Gasteiger partial charge on any atom is -0.454 e. The van der Waals surface area contributed by atoms with E-state index in [4.69, 9.17) is 21.1 Å². The summed E-state index contributed by atoms with van der Waals surface area (Å²) in [5.74, 6) is 1.45. The first kappa shape index (κ1) is 13.2. The van der Waals surface area contributed by atoms with E-state index in [9.17, 15) is 4.79 Å². The van der Waals surface area contributed by atoms with Crippen LogP contribution in [0.3, 0.4) is 0 Å². The Morgan fingerprint density at radius 1 is 1.32 bits per heavy atom. The summed E-state index contributed by atoms with van der Waals surface area (Å²) < 4.78 is 12.0. The average Bonchev–Trinajstić information content (AvgIpc) is 3.06.